The van der Waals surface area contributed by atoms with Gasteiger partial charge in [-0.2, -0.15) is 5.26 Å². The Hall–Kier alpha value is -1.57. The number of hydrogen-bond acceptors (Lipinski definition) is 3. The molecular weight excluding hydrogens is 252 g/mol. The number of rotatable bonds is 6. The Kier molecular flexibility index (Phi) is 5.63. The highest BCUT2D eigenvalue weighted by atomic mass is 35.5. The van der Waals surface area contributed by atoms with Gasteiger partial charge in [0.15, 0.2) is 0 Å². The molecule has 0 aliphatic heterocycles. The Morgan fingerprint density at radius 2 is 2.28 bits per heavy atom. The van der Waals surface area contributed by atoms with Crippen LogP contribution in [0.3, 0.4) is 0 Å². The molecule has 0 heterocycles. The molecule has 1 aromatic carbocycles. The van der Waals surface area contributed by atoms with Crippen LogP contribution in [0.4, 0.5) is 0 Å². The maximum Gasteiger partial charge on any atom is 0.303 e. The summed E-state index contributed by atoms with van der Waals surface area (Å²) in [5.41, 5.74) is 1.48. The first-order chi connectivity index (χ1) is 8.52. The standard InChI is InChI=1S/C13H15ClN2O2/c1-16(6-2-3-13(17)18)9-11-5-4-10(8-15)7-12(11)14/h4-5,7H,2-3,6,9H2,1H3,(H,17,18). The van der Waals surface area contributed by atoms with Crippen molar-refractivity contribution in [1.82, 2.24) is 4.90 Å². The van der Waals surface area contributed by atoms with Crippen molar-refractivity contribution in [3.05, 3.63) is 34.3 Å². The molecule has 96 valence electrons. The second-order valence-electron chi connectivity index (χ2n) is 4.15. The summed E-state index contributed by atoms with van der Waals surface area (Å²) in [5, 5.41) is 17.8. The van der Waals surface area contributed by atoms with Crippen LogP contribution in [0.25, 0.3) is 0 Å². The number of carbonyl (C=O) groups is 1. The molecule has 0 aliphatic carbocycles. The molecule has 0 bridgehead atoms. The van der Waals surface area contributed by atoms with Crippen LogP contribution in [0.15, 0.2) is 18.2 Å². The molecule has 0 radical (unpaired) electrons. The summed E-state index contributed by atoms with van der Waals surface area (Å²) in [7, 11) is 1.91. The Bertz CT molecular complexity index is 469. The van der Waals surface area contributed by atoms with Crippen LogP contribution in [0.5, 0.6) is 0 Å². The summed E-state index contributed by atoms with van der Waals surface area (Å²) >= 11 is 6.06. The first-order valence-electron chi connectivity index (χ1n) is 5.62. The molecule has 0 spiro atoms. The van der Waals surface area contributed by atoms with Gasteiger partial charge in [0.2, 0.25) is 0 Å². The molecule has 0 fully saturated rings. The average Bonchev–Trinajstić information content (AvgIpc) is 2.31. The van der Waals surface area contributed by atoms with Crippen molar-refractivity contribution in [3.8, 4) is 6.07 Å². The zero-order valence-electron chi connectivity index (χ0n) is 10.2. The number of nitriles is 1. The lowest BCUT2D eigenvalue weighted by Gasteiger charge is -2.17. The van der Waals surface area contributed by atoms with E-state index in [0.29, 0.717) is 30.1 Å². The molecule has 1 aromatic rings. The van der Waals surface area contributed by atoms with Crippen molar-refractivity contribution >= 4 is 17.6 Å². The van der Waals surface area contributed by atoms with Crippen molar-refractivity contribution in [1.29, 1.82) is 5.26 Å². The van der Waals surface area contributed by atoms with Gasteiger partial charge in [-0.1, -0.05) is 17.7 Å². The van der Waals surface area contributed by atoms with Gasteiger partial charge in [-0.3, -0.25) is 4.79 Å². The summed E-state index contributed by atoms with van der Waals surface area (Å²) in [6.45, 7) is 1.34. The molecule has 1 N–H and O–H groups in total. The number of halogens is 1. The van der Waals surface area contributed by atoms with E-state index in [-0.39, 0.29) is 6.42 Å². The minimum Gasteiger partial charge on any atom is -0.481 e. The fraction of sp³-hybridized carbons (Fsp3) is 0.385. The van der Waals surface area contributed by atoms with Crippen LogP contribution in [0.1, 0.15) is 24.0 Å². The molecule has 5 heteroatoms. The molecule has 4 nitrogen and oxygen atoms in total. The summed E-state index contributed by atoms with van der Waals surface area (Å²) in [6.07, 6.45) is 0.783. The maximum absolute atomic E-state index is 10.4. The molecule has 1 rings (SSSR count). The van der Waals surface area contributed by atoms with Crippen LogP contribution in [-0.4, -0.2) is 29.6 Å². The Labute approximate surface area is 111 Å². The summed E-state index contributed by atoms with van der Waals surface area (Å²) in [4.78, 5) is 12.4. The predicted molar refractivity (Wildman–Crippen MR) is 69.4 cm³/mol. The Morgan fingerprint density at radius 3 is 2.83 bits per heavy atom. The van der Waals surface area contributed by atoms with Gasteiger partial charge in [0.05, 0.1) is 11.6 Å². The number of benzene rings is 1. The first-order valence-corrected chi connectivity index (χ1v) is 5.99. The van der Waals surface area contributed by atoms with Gasteiger partial charge in [0.25, 0.3) is 0 Å². The SMILES string of the molecule is CN(CCCC(=O)O)Cc1ccc(C#N)cc1Cl. The minimum atomic E-state index is -0.778. The first kappa shape index (κ1) is 14.5. The Balaban J connectivity index is 2.52. The lowest BCUT2D eigenvalue weighted by molar-refractivity contribution is -0.137. The van der Waals surface area contributed by atoms with Crippen molar-refractivity contribution in [2.75, 3.05) is 13.6 Å². The van der Waals surface area contributed by atoms with Crippen LogP contribution < -0.4 is 0 Å². The van der Waals surface area contributed by atoms with E-state index in [4.69, 9.17) is 22.0 Å². The fourth-order valence-electron chi connectivity index (χ4n) is 1.62. The van der Waals surface area contributed by atoms with Gasteiger partial charge in [-0.05, 0) is 37.7 Å². The summed E-state index contributed by atoms with van der Waals surface area (Å²) < 4.78 is 0. The third-order valence-corrected chi connectivity index (χ3v) is 2.90. The van der Waals surface area contributed by atoms with Crippen LogP contribution in [-0.2, 0) is 11.3 Å². The zero-order valence-corrected chi connectivity index (χ0v) is 10.9. The van der Waals surface area contributed by atoms with Crippen molar-refractivity contribution in [2.24, 2.45) is 0 Å². The highest BCUT2D eigenvalue weighted by Crippen LogP contribution is 2.19. The van der Waals surface area contributed by atoms with E-state index in [9.17, 15) is 4.79 Å². The quantitative estimate of drug-likeness (QED) is 0.859. The second kappa shape index (κ2) is 7.00. The van der Waals surface area contributed by atoms with Crippen molar-refractivity contribution in [3.63, 3.8) is 0 Å². The number of nitrogens with zero attached hydrogens (tertiary/aromatic N) is 2. The van der Waals surface area contributed by atoms with Crippen LogP contribution in [0, 0.1) is 11.3 Å². The van der Waals surface area contributed by atoms with Gasteiger partial charge >= 0.3 is 5.97 Å². The molecule has 0 aliphatic rings. The molecular formula is C13H15ClN2O2. The molecule has 0 unspecified atom stereocenters. The average molecular weight is 267 g/mol. The van der Waals surface area contributed by atoms with Crippen LogP contribution >= 0.6 is 11.6 Å². The largest absolute Gasteiger partial charge is 0.481 e. The second-order valence-corrected chi connectivity index (χ2v) is 4.56. The van der Waals surface area contributed by atoms with Crippen molar-refractivity contribution in [2.45, 2.75) is 19.4 Å². The fourth-order valence-corrected chi connectivity index (χ4v) is 1.86. The lowest BCUT2D eigenvalue weighted by atomic mass is 10.1. The molecule has 0 saturated heterocycles. The van der Waals surface area contributed by atoms with Gasteiger partial charge in [0, 0.05) is 18.0 Å². The molecule has 0 amide bonds. The topological polar surface area (TPSA) is 64.3 Å². The van der Waals surface area contributed by atoms with Gasteiger partial charge < -0.3 is 10.0 Å². The summed E-state index contributed by atoms with van der Waals surface area (Å²) in [5.74, 6) is -0.778. The number of carboxylic acid groups (broad SMARTS) is 1. The minimum absolute atomic E-state index is 0.172. The monoisotopic (exact) mass is 266 g/mol. The third-order valence-electron chi connectivity index (χ3n) is 2.55. The van der Waals surface area contributed by atoms with Gasteiger partial charge in [-0.25, -0.2) is 0 Å². The van der Waals surface area contributed by atoms with E-state index in [1.165, 1.54) is 0 Å². The Morgan fingerprint density at radius 1 is 1.56 bits per heavy atom. The molecule has 0 saturated carbocycles. The predicted octanol–water partition coefficient (Wildman–Crippen LogP) is 2.51. The van der Waals surface area contributed by atoms with Gasteiger partial charge in [0.1, 0.15) is 0 Å². The maximum atomic E-state index is 10.4. The highest BCUT2D eigenvalue weighted by molar-refractivity contribution is 6.31. The molecule has 0 atom stereocenters. The third kappa shape index (κ3) is 4.74. The zero-order chi connectivity index (χ0) is 13.5. The lowest BCUT2D eigenvalue weighted by Crippen LogP contribution is -2.20. The molecule has 0 aromatic heterocycles. The number of carboxylic acids is 1. The van der Waals surface area contributed by atoms with E-state index in [1.807, 2.05) is 24.1 Å². The number of hydrogen-bond donors (Lipinski definition) is 1. The summed E-state index contributed by atoms with van der Waals surface area (Å²) in [6, 6.07) is 7.23. The normalized spacial score (nSPS) is 10.3. The molecule has 18 heavy (non-hydrogen) atoms. The van der Waals surface area contributed by atoms with E-state index < -0.39 is 5.97 Å². The van der Waals surface area contributed by atoms with E-state index in [0.717, 1.165) is 5.56 Å². The smallest absolute Gasteiger partial charge is 0.303 e. The number of aliphatic carboxylic acids is 1. The van der Waals surface area contributed by atoms with E-state index in [2.05, 4.69) is 0 Å². The highest BCUT2D eigenvalue weighted by Gasteiger charge is 2.06. The van der Waals surface area contributed by atoms with E-state index in [1.54, 1.807) is 12.1 Å². The van der Waals surface area contributed by atoms with Crippen molar-refractivity contribution < 1.29 is 9.90 Å². The van der Waals surface area contributed by atoms with Crippen LogP contribution in [0.2, 0.25) is 5.02 Å². The van der Waals surface area contributed by atoms with E-state index >= 15 is 0 Å². The van der Waals surface area contributed by atoms with Gasteiger partial charge in [-0.15, -0.1) is 0 Å².